The van der Waals surface area contributed by atoms with E-state index in [2.05, 4.69) is 10.2 Å². The van der Waals surface area contributed by atoms with E-state index in [0.717, 1.165) is 5.89 Å². The predicted molar refractivity (Wildman–Crippen MR) is 52.1 cm³/mol. The van der Waals surface area contributed by atoms with Gasteiger partial charge in [0.2, 0.25) is 11.8 Å². The molecule has 14 heavy (non-hydrogen) atoms. The average molecular weight is 213 g/mol. The summed E-state index contributed by atoms with van der Waals surface area (Å²) in [7, 11) is 0. The minimum Gasteiger partial charge on any atom is -0.424 e. The van der Waals surface area contributed by atoms with Crippen LogP contribution in [0.15, 0.2) is 4.42 Å². The van der Waals surface area contributed by atoms with Gasteiger partial charge in [0.15, 0.2) is 0 Å². The van der Waals surface area contributed by atoms with E-state index >= 15 is 0 Å². The van der Waals surface area contributed by atoms with Crippen LogP contribution >= 0.6 is 11.6 Å². The third-order valence-electron chi connectivity index (χ3n) is 3.72. The van der Waals surface area contributed by atoms with E-state index in [0.29, 0.717) is 23.1 Å². The summed E-state index contributed by atoms with van der Waals surface area (Å²) in [5.41, 5.74) is 0.667. The summed E-state index contributed by atoms with van der Waals surface area (Å²) in [6.45, 7) is 0. The first-order valence-electron chi connectivity index (χ1n) is 5.20. The zero-order valence-corrected chi connectivity index (χ0v) is 8.76. The first-order valence-corrected chi connectivity index (χ1v) is 5.73. The van der Waals surface area contributed by atoms with Crippen LogP contribution < -0.4 is 0 Å². The van der Waals surface area contributed by atoms with Gasteiger partial charge in [0.1, 0.15) is 5.88 Å². The lowest BCUT2D eigenvalue weighted by Crippen LogP contribution is -2.41. The van der Waals surface area contributed by atoms with E-state index in [1.807, 2.05) is 0 Å². The molecule has 2 saturated carbocycles. The Kier molecular flexibility index (Phi) is 1.84. The zero-order chi connectivity index (χ0) is 9.60. The molecule has 2 aliphatic carbocycles. The maximum Gasteiger partial charge on any atom is 0.231 e. The molecule has 0 unspecified atom stereocenters. The lowest BCUT2D eigenvalue weighted by molar-refractivity contribution is -0.000178. The standard InChI is InChI=1S/C10H13ClN2O/c11-6-8-12-13-9(14-8)7-4-10(5-7)2-1-3-10/h7H,1-6H2. The van der Waals surface area contributed by atoms with Crippen molar-refractivity contribution in [3.63, 3.8) is 0 Å². The highest BCUT2D eigenvalue weighted by Crippen LogP contribution is 2.61. The van der Waals surface area contributed by atoms with Crippen LogP contribution in [0, 0.1) is 5.41 Å². The fraction of sp³-hybridized carbons (Fsp3) is 0.800. The van der Waals surface area contributed by atoms with Crippen LogP contribution in [0.1, 0.15) is 49.8 Å². The second kappa shape index (κ2) is 2.96. The molecule has 1 aromatic heterocycles. The highest BCUT2D eigenvalue weighted by Gasteiger charge is 2.50. The summed E-state index contributed by atoms with van der Waals surface area (Å²) in [6, 6.07) is 0. The van der Waals surface area contributed by atoms with Crippen molar-refractivity contribution in [3.8, 4) is 0 Å². The lowest BCUT2D eigenvalue weighted by Gasteiger charge is -2.53. The van der Waals surface area contributed by atoms with Gasteiger partial charge in [-0.1, -0.05) is 6.42 Å². The summed E-state index contributed by atoms with van der Waals surface area (Å²) < 4.78 is 5.44. The third kappa shape index (κ3) is 1.18. The molecule has 0 saturated heterocycles. The topological polar surface area (TPSA) is 38.9 Å². The number of hydrogen-bond donors (Lipinski definition) is 0. The second-order valence-electron chi connectivity index (χ2n) is 4.63. The summed E-state index contributed by atoms with van der Waals surface area (Å²) in [6.07, 6.45) is 6.71. The van der Waals surface area contributed by atoms with Gasteiger partial charge >= 0.3 is 0 Å². The fourth-order valence-corrected chi connectivity index (χ4v) is 2.84. The monoisotopic (exact) mass is 212 g/mol. The Morgan fingerprint density at radius 1 is 1.36 bits per heavy atom. The van der Waals surface area contributed by atoms with Crippen LogP contribution in [0.25, 0.3) is 0 Å². The molecule has 0 bridgehead atoms. The molecule has 1 aromatic rings. The van der Waals surface area contributed by atoms with Crippen LogP contribution in [0.4, 0.5) is 0 Å². The Labute approximate surface area is 87.8 Å². The number of hydrogen-bond acceptors (Lipinski definition) is 3. The van der Waals surface area contributed by atoms with Crippen LogP contribution in [0.2, 0.25) is 0 Å². The number of nitrogens with zero attached hydrogens (tertiary/aromatic N) is 2. The SMILES string of the molecule is ClCc1nnc(C2CC3(CCC3)C2)o1. The lowest BCUT2D eigenvalue weighted by atomic mass is 9.52. The number of aromatic nitrogens is 2. The van der Waals surface area contributed by atoms with Crippen LogP contribution in [0.5, 0.6) is 0 Å². The number of alkyl halides is 1. The van der Waals surface area contributed by atoms with Gasteiger partial charge < -0.3 is 4.42 Å². The molecule has 4 heteroatoms. The fourth-order valence-electron chi connectivity index (χ4n) is 2.73. The normalized spacial score (nSPS) is 24.6. The maximum atomic E-state index is 5.60. The molecule has 3 rings (SSSR count). The molecule has 2 aliphatic rings. The smallest absolute Gasteiger partial charge is 0.231 e. The molecule has 0 amide bonds. The van der Waals surface area contributed by atoms with Crippen molar-refractivity contribution in [2.24, 2.45) is 5.41 Å². The van der Waals surface area contributed by atoms with Crippen molar-refractivity contribution in [1.82, 2.24) is 10.2 Å². The molecule has 76 valence electrons. The molecule has 3 nitrogen and oxygen atoms in total. The third-order valence-corrected chi connectivity index (χ3v) is 3.95. The first kappa shape index (κ1) is 8.72. The van der Waals surface area contributed by atoms with Gasteiger partial charge in [-0.25, -0.2) is 0 Å². The molecule has 0 atom stereocenters. The summed E-state index contributed by atoms with van der Waals surface area (Å²) >= 11 is 5.60. The van der Waals surface area contributed by atoms with Crippen LogP contribution in [-0.4, -0.2) is 10.2 Å². The molecule has 0 aromatic carbocycles. The largest absolute Gasteiger partial charge is 0.424 e. The van der Waals surface area contributed by atoms with Gasteiger partial charge in [-0.15, -0.1) is 21.8 Å². The van der Waals surface area contributed by atoms with Crippen molar-refractivity contribution in [3.05, 3.63) is 11.8 Å². The molecular formula is C10H13ClN2O. The summed E-state index contributed by atoms with van der Waals surface area (Å²) in [4.78, 5) is 0. The Bertz CT molecular complexity index is 338. The second-order valence-corrected chi connectivity index (χ2v) is 4.89. The minimum atomic E-state index is 0.324. The zero-order valence-electron chi connectivity index (χ0n) is 8.00. The van der Waals surface area contributed by atoms with Crippen LogP contribution in [0.3, 0.4) is 0 Å². The minimum absolute atomic E-state index is 0.324. The van der Waals surface area contributed by atoms with Crippen molar-refractivity contribution in [2.45, 2.75) is 43.9 Å². The van der Waals surface area contributed by atoms with Gasteiger partial charge in [-0.05, 0) is 31.1 Å². The van der Waals surface area contributed by atoms with Gasteiger partial charge in [-0.3, -0.25) is 0 Å². The molecule has 1 spiro atoms. The molecule has 0 radical (unpaired) electrons. The Hall–Kier alpha value is -0.570. The average Bonchev–Trinajstić information content (AvgIpc) is 2.47. The van der Waals surface area contributed by atoms with Gasteiger partial charge in [0.25, 0.3) is 0 Å². The van der Waals surface area contributed by atoms with E-state index in [9.17, 15) is 0 Å². The molecule has 0 N–H and O–H groups in total. The molecule has 0 aliphatic heterocycles. The van der Waals surface area contributed by atoms with Crippen molar-refractivity contribution in [1.29, 1.82) is 0 Å². The maximum absolute atomic E-state index is 5.60. The molecule has 2 fully saturated rings. The molecule has 1 heterocycles. The summed E-state index contributed by atoms with van der Waals surface area (Å²) in [5.74, 6) is 2.19. The van der Waals surface area contributed by atoms with Crippen molar-refractivity contribution >= 4 is 11.6 Å². The predicted octanol–water partition coefficient (Wildman–Crippen LogP) is 2.86. The Balaban J connectivity index is 1.67. The first-order chi connectivity index (χ1) is 6.81. The van der Waals surface area contributed by atoms with E-state index < -0.39 is 0 Å². The van der Waals surface area contributed by atoms with Crippen molar-refractivity contribution < 1.29 is 4.42 Å². The highest BCUT2D eigenvalue weighted by atomic mass is 35.5. The van der Waals surface area contributed by atoms with E-state index in [-0.39, 0.29) is 0 Å². The molecular weight excluding hydrogens is 200 g/mol. The number of halogens is 1. The quantitative estimate of drug-likeness (QED) is 0.708. The highest BCUT2D eigenvalue weighted by molar-refractivity contribution is 6.16. The van der Waals surface area contributed by atoms with Crippen molar-refractivity contribution in [2.75, 3.05) is 0 Å². The van der Waals surface area contributed by atoms with Gasteiger partial charge in [0.05, 0.1) is 0 Å². The van der Waals surface area contributed by atoms with E-state index in [1.54, 1.807) is 0 Å². The van der Waals surface area contributed by atoms with Gasteiger partial charge in [-0.2, -0.15) is 0 Å². The Morgan fingerprint density at radius 2 is 2.14 bits per heavy atom. The van der Waals surface area contributed by atoms with Crippen LogP contribution in [-0.2, 0) is 5.88 Å². The Morgan fingerprint density at radius 3 is 2.64 bits per heavy atom. The number of rotatable bonds is 2. The van der Waals surface area contributed by atoms with E-state index in [4.69, 9.17) is 16.0 Å². The summed E-state index contributed by atoms with van der Waals surface area (Å²) in [5, 5.41) is 7.91. The van der Waals surface area contributed by atoms with E-state index in [1.165, 1.54) is 32.1 Å². The van der Waals surface area contributed by atoms with Gasteiger partial charge in [0, 0.05) is 5.92 Å².